The molecule has 0 saturated heterocycles. The van der Waals surface area contributed by atoms with Crippen LogP contribution in [0.4, 0.5) is 0 Å². The van der Waals surface area contributed by atoms with E-state index in [1.165, 1.54) is 4.88 Å². The normalized spacial score (nSPS) is 10.4. The molecule has 11 heavy (non-hydrogen) atoms. The summed E-state index contributed by atoms with van der Waals surface area (Å²) >= 11 is 5.11. The molecule has 0 aliphatic carbocycles. The van der Waals surface area contributed by atoms with Gasteiger partial charge >= 0.3 is 0 Å². The molecule has 0 atom stereocenters. The zero-order valence-corrected chi connectivity index (χ0v) is 8.41. The lowest BCUT2D eigenvalue weighted by Gasteiger charge is -1.96. The third kappa shape index (κ3) is 3.33. The van der Waals surface area contributed by atoms with Gasteiger partial charge in [-0.25, -0.2) is 0 Å². The molecule has 62 valence electrons. The Hall–Kier alpha value is 0.1000. The van der Waals surface area contributed by atoms with Gasteiger partial charge in [0, 0.05) is 21.3 Å². The van der Waals surface area contributed by atoms with Crippen LogP contribution in [-0.2, 0) is 6.42 Å². The van der Waals surface area contributed by atoms with Crippen molar-refractivity contribution in [3.05, 3.63) is 20.8 Å². The third-order valence-electron chi connectivity index (χ3n) is 1.28. The molecule has 0 fully saturated rings. The number of hydrogen-bond acceptors (Lipinski definition) is 3. The van der Waals surface area contributed by atoms with Gasteiger partial charge in [0.2, 0.25) is 0 Å². The standard InChI is InChI=1S/C7H10BrNOS/c8-6-3-7(11-4-6)1-2-9-5-10/h3-4,9-10H,1-2,5H2. The van der Waals surface area contributed by atoms with Crippen LogP contribution in [0.15, 0.2) is 15.9 Å². The maximum Gasteiger partial charge on any atom is 0.0931 e. The summed E-state index contributed by atoms with van der Waals surface area (Å²) in [5.41, 5.74) is 0. The molecule has 1 heterocycles. The Bertz CT molecular complexity index is 214. The number of thiophene rings is 1. The van der Waals surface area contributed by atoms with Gasteiger partial charge in [0.05, 0.1) is 6.73 Å². The molecule has 1 aromatic heterocycles. The molecule has 0 spiro atoms. The van der Waals surface area contributed by atoms with E-state index >= 15 is 0 Å². The topological polar surface area (TPSA) is 32.3 Å². The van der Waals surface area contributed by atoms with Crippen molar-refractivity contribution >= 4 is 27.3 Å². The van der Waals surface area contributed by atoms with Gasteiger partial charge in [0.25, 0.3) is 0 Å². The Kier molecular flexibility index (Phi) is 4.07. The smallest absolute Gasteiger partial charge is 0.0931 e. The van der Waals surface area contributed by atoms with E-state index in [2.05, 4.69) is 32.7 Å². The highest BCUT2D eigenvalue weighted by Crippen LogP contribution is 2.19. The predicted octanol–water partition coefficient (Wildman–Crippen LogP) is 1.59. The van der Waals surface area contributed by atoms with Crippen molar-refractivity contribution in [3.63, 3.8) is 0 Å². The average molecular weight is 236 g/mol. The molecule has 0 amide bonds. The summed E-state index contributed by atoms with van der Waals surface area (Å²) in [7, 11) is 0. The van der Waals surface area contributed by atoms with E-state index in [1.54, 1.807) is 11.3 Å². The molecular formula is C7H10BrNOS. The van der Waals surface area contributed by atoms with Crippen LogP contribution < -0.4 is 5.32 Å². The van der Waals surface area contributed by atoms with Crippen LogP contribution in [0.25, 0.3) is 0 Å². The molecular weight excluding hydrogens is 226 g/mol. The van der Waals surface area contributed by atoms with Crippen molar-refractivity contribution < 1.29 is 5.11 Å². The highest BCUT2D eigenvalue weighted by molar-refractivity contribution is 9.10. The van der Waals surface area contributed by atoms with E-state index in [1.807, 2.05) is 0 Å². The van der Waals surface area contributed by atoms with Crippen LogP contribution in [-0.4, -0.2) is 18.4 Å². The Balaban J connectivity index is 2.27. The van der Waals surface area contributed by atoms with Crippen LogP contribution in [0.3, 0.4) is 0 Å². The largest absolute Gasteiger partial charge is 0.381 e. The first-order valence-corrected chi connectivity index (χ1v) is 5.04. The Morgan fingerprint density at radius 2 is 2.45 bits per heavy atom. The van der Waals surface area contributed by atoms with Crippen LogP contribution >= 0.6 is 27.3 Å². The first-order chi connectivity index (χ1) is 5.33. The predicted molar refractivity (Wildman–Crippen MR) is 50.8 cm³/mol. The van der Waals surface area contributed by atoms with Crippen molar-refractivity contribution in [1.82, 2.24) is 5.32 Å². The summed E-state index contributed by atoms with van der Waals surface area (Å²) in [4.78, 5) is 1.33. The van der Waals surface area contributed by atoms with Gasteiger partial charge in [0.1, 0.15) is 0 Å². The number of nitrogens with one attached hydrogen (secondary N) is 1. The van der Waals surface area contributed by atoms with E-state index in [-0.39, 0.29) is 6.73 Å². The van der Waals surface area contributed by atoms with Crippen LogP contribution in [0.5, 0.6) is 0 Å². The molecule has 0 radical (unpaired) electrons. The van der Waals surface area contributed by atoms with E-state index < -0.39 is 0 Å². The molecule has 0 aliphatic heterocycles. The highest BCUT2D eigenvalue weighted by Gasteiger charge is 1.95. The lowest BCUT2D eigenvalue weighted by molar-refractivity contribution is 0.262. The minimum Gasteiger partial charge on any atom is -0.381 e. The first kappa shape index (κ1) is 9.19. The minimum absolute atomic E-state index is 0.0620. The minimum atomic E-state index is 0.0620. The van der Waals surface area contributed by atoms with Crippen molar-refractivity contribution in [3.8, 4) is 0 Å². The summed E-state index contributed by atoms with van der Waals surface area (Å²) in [6.45, 7) is 0.899. The molecule has 0 aromatic carbocycles. The molecule has 2 nitrogen and oxygen atoms in total. The van der Waals surface area contributed by atoms with E-state index in [0.717, 1.165) is 17.4 Å². The van der Waals surface area contributed by atoms with Gasteiger partial charge in [-0.05, 0) is 28.4 Å². The highest BCUT2D eigenvalue weighted by atomic mass is 79.9. The SMILES string of the molecule is OCNCCc1cc(Br)cs1. The number of halogens is 1. The van der Waals surface area contributed by atoms with Crippen LogP contribution in [0.2, 0.25) is 0 Å². The van der Waals surface area contributed by atoms with Gasteiger partial charge < -0.3 is 5.11 Å². The van der Waals surface area contributed by atoms with Gasteiger partial charge in [-0.1, -0.05) is 0 Å². The van der Waals surface area contributed by atoms with E-state index in [9.17, 15) is 0 Å². The lowest BCUT2D eigenvalue weighted by Crippen LogP contribution is -2.17. The van der Waals surface area contributed by atoms with E-state index in [4.69, 9.17) is 5.11 Å². The summed E-state index contributed by atoms with van der Waals surface area (Å²) in [6.07, 6.45) is 0.983. The van der Waals surface area contributed by atoms with E-state index in [0.29, 0.717) is 0 Å². The fourth-order valence-corrected chi connectivity index (χ4v) is 2.23. The Morgan fingerprint density at radius 3 is 3.00 bits per heavy atom. The fraction of sp³-hybridized carbons (Fsp3) is 0.429. The monoisotopic (exact) mass is 235 g/mol. The number of aliphatic hydroxyl groups is 1. The van der Waals surface area contributed by atoms with Gasteiger partial charge in [-0.2, -0.15) is 0 Å². The summed E-state index contributed by atoms with van der Waals surface area (Å²) < 4.78 is 1.14. The van der Waals surface area contributed by atoms with Gasteiger partial charge in [-0.3, -0.25) is 5.32 Å². The molecule has 1 rings (SSSR count). The summed E-state index contributed by atoms with van der Waals surface area (Å²) in [5.74, 6) is 0. The van der Waals surface area contributed by atoms with Crippen molar-refractivity contribution in [2.75, 3.05) is 13.3 Å². The molecule has 4 heteroatoms. The second-order valence-electron chi connectivity index (χ2n) is 2.14. The first-order valence-electron chi connectivity index (χ1n) is 3.37. The van der Waals surface area contributed by atoms with Crippen LogP contribution in [0, 0.1) is 0 Å². The molecule has 0 unspecified atom stereocenters. The Morgan fingerprint density at radius 1 is 1.64 bits per heavy atom. The third-order valence-corrected chi connectivity index (χ3v) is 3.04. The number of hydrogen-bond donors (Lipinski definition) is 2. The molecule has 2 N–H and O–H groups in total. The Labute approximate surface area is 78.4 Å². The van der Waals surface area contributed by atoms with Gasteiger partial charge in [-0.15, -0.1) is 11.3 Å². The van der Waals surface area contributed by atoms with Crippen molar-refractivity contribution in [2.24, 2.45) is 0 Å². The van der Waals surface area contributed by atoms with Crippen molar-refractivity contribution in [2.45, 2.75) is 6.42 Å². The fourth-order valence-electron chi connectivity index (χ4n) is 0.776. The summed E-state index contributed by atoms with van der Waals surface area (Å²) in [5, 5.41) is 13.3. The van der Waals surface area contributed by atoms with Crippen molar-refractivity contribution in [1.29, 1.82) is 0 Å². The lowest BCUT2D eigenvalue weighted by atomic mass is 10.3. The molecule has 0 saturated carbocycles. The second kappa shape index (κ2) is 4.87. The van der Waals surface area contributed by atoms with Gasteiger partial charge in [0.15, 0.2) is 0 Å². The number of rotatable bonds is 4. The maximum absolute atomic E-state index is 8.43. The molecule has 1 aromatic rings. The number of aliphatic hydroxyl groups excluding tert-OH is 1. The second-order valence-corrected chi connectivity index (χ2v) is 4.05. The molecule has 0 bridgehead atoms. The average Bonchev–Trinajstić information content (AvgIpc) is 2.37. The summed E-state index contributed by atoms with van der Waals surface area (Å²) in [6, 6.07) is 2.10. The quantitative estimate of drug-likeness (QED) is 0.614. The zero-order chi connectivity index (χ0) is 8.10. The zero-order valence-electron chi connectivity index (χ0n) is 6.01. The van der Waals surface area contributed by atoms with Crippen LogP contribution in [0.1, 0.15) is 4.88 Å². The maximum atomic E-state index is 8.43. The molecule has 0 aliphatic rings.